The van der Waals surface area contributed by atoms with Gasteiger partial charge in [-0.2, -0.15) is 4.98 Å². The summed E-state index contributed by atoms with van der Waals surface area (Å²) in [5, 5.41) is 4.57. The maximum absolute atomic E-state index is 5.86. The molecule has 0 radical (unpaired) electrons. The number of nitrogens with two attached hydrogens (primary N) is 1. The molecule has 0 amide bonds. The van der Waals surface area contributed by atoms with Crippen LogP contribution in [0.15, 0.2) is 10.9 Å². The third-order valence-corrected chi connectivity index (χ3v) is 2.90. The van der Waals surface area contributed by atoms with Crippen molar-refractivity contribution in [1.29, 1.82) is 0 Å². The fourth-order valence-electron chi connectivity index (χ4n) is 1.15. The van der Waals surface area contributed by atoms with Gasteiger partial charge >= 0.3 is 0 Å². The topological polar surface area (TPSA) is 74.5 Å². The number of rotatable bonds is 2. The van der Waals surface area contributed by atoms with Crippen LogP contribution >= 0.6 is 27.5 Å². The summed E-state index contributed by atoms with van der Waals surface area (Å²) < 4.78 is 3.94. The Bertz CT molecular complexity index is 490. The maximum atomic E-state index is 5.86. The number of hydrogen-bond donors (Lipinski definition) is 1. The van der Waals surface area contributed by atoms with Gasteiger partial charge in [0.05, 0.1) is 6.20 Å². The molecular weight excluding hydrogens is 283 g/mol. The van der Waals surface area contributed by atoms with E-state index < -0.39 is 0 Å². The van der Waals surface area contributed by atoms with E-state index in [-0.39, 0.29) is 5.95 Å². The van der Waals surface area contributed by atoms with Gasteiger partial charge in [0.25, 0.3) is 0 Å². The molecule has 0 aromatic carbocycles. The van der Waals surface area contributed by atoms with Gasteiger partial charge < -0.3 is 10.3 Å². The van der Waals surface area contributed by atoms with Crippen molar-refractivity contribution < 1.29 is 0 Å². The molecule has 6 nitrogen and oxygen atoms in total. The van der Waals surface area contributed by atoms with E-state index in [1.54, 1.807) is 15.4 Å². The molecule has 2 N–H and O–H groups in total. The van der Waals surface area contributed by atoms with Gasteiger partial charge in [-0.1, -0.05) is 11.6 Å². The number of nitrogens with zero attached hydrogens (tertiary/aromatic N) is 5. The van der Waals surface area contributed by atoms with E-state index in [1.807, 2.05) is 7.05 Å². The molecule has 0 saturated carbocycles. The van der Waals surface area contributed by atoms with Crippen LogP contribution in [0.1, 0.15) is 5.82 Å². The van der Waals surface area contributed by atoms with Crippen molar-refractivity contribution in [2.75, 3.05) is 5.73 Å². The lowest BCUT2D eigenvalue weighted by Gasteiger charge is -2.02. The van der Waals surface area contributed by atoms with Crippen LogP contribution < -0.4 is 5.73 Å². The van der Waals surface area contributed by atoms with Crippen LogP contribution in [-0.2, 0) is 13.6 Å². The fourth-order valence-corrected chi connectivity index (χ4v) is 1.68. The Hall–Kier alpha value is -1.08. The molecule has 2 aromatic heterocycles. The molecule has 0 atom stereocenters. The summed E-state index contributed by atoms with van der Waals surface area (Å²) >= 11 is 9.10. The molecule has 0 saturated heterocycles. The number of nitrogen functional groups attached to an aromatic ring is 1. The van der Waals surface area contributed by atoms with E-state index >= 15 is 0 Å². The van der Waals surface area contributed by atoms with Gasteiger partial charge in [-0.3, -0.25) is 0 Å². The van der Waals surface area contributed by atoms with Gasteiger partial charge in [0, 0.05) is 7.05 Å². The summed E-state index contributed by atoms with van der Waals surface area (Å²) in [6.45, 7) is 0.466. The van der Waals surface area contributed by atoms with Crippen LogP contribution in [0.2, 0.25) is 5.15 Å². The van der Waals surface area contributed by atoms with Crippen LogP contribution in [0.25, 0.3) is 0 Å². The smallest absolute Gasteiger partial charge is 0.240 e. The van der Waals surface area contributed by atoms with Crippen LogP contribution in [0.4, 0.5) is 5.95 Å². The van der Waals surface area contributed by atoms with Gasteiger partial charge in [0.2, 0.25) is 5.95 Å². The summed E-state index contributed by atoms with van der Waals surface area (Å²) in [7, 11) is 1.83. The lowest BCUT2D eigenvalue weighted by molar-refractivity contribution is 0.619. The third kappa shape index (κ3) is 1.98. The lowest BCUT2D eigenvalue weighted by atomic mass is 10.6. The zero-order chi connectivity index (χ0) is 11.0. The zero-order valence-corrected chi connectivity index (χ0v) is 10.2. The predicted octanol–water partition coefficient (Wildman–Crippen LogP) is 1.06. The van der Waals surface area contributed by atoms with Crippen molar-refractivity contribution in [2.24, 2.45) is 7.05 Å². The highest BCUT2D eigenvalue weighted by molar-refractivity contribution is 9.10. The first-order valence-electron chi connectivity index (χ1n) is 4.10. The first-order valence-corrected chi connectivity index (χ1v) is 5.27. The second-order valence-electron chi connectivity index (χ2n) is 2.95. The molecule has 0 bridgehead atoms. The largest absolute Gasteiger partial charge is 0.366 e. The highest BCUT2D eigenvalue weighted by Gasteiger charge is 2.09. The Morgan fingerprint density at radius 3 is 2.80 bits per heavy atom. The van der Waals surface area contributed by atoms with E-state index in [1.165, 1.54) is 0 Å². The second kappa shape index (κ2) is 3.82. The van der Waals surface area contributed by atoms with Crippen LogP contribution in [0.3, 0.4) is 0 Å². The minimum Gasteiger partial charge on any atom is -0.366 e. The number of imidazole rings is 1. The Balaban J connectivity index is 2.29. The van der Waals surface area contributed by atoms with Gasteiger partial charge in [0.15, 0.2) is 4.73 Å². The van der Waals surface area contributed by atoms with Gasteiger partial charge in [-0.15, -0.1) is 5.10 Å². The summed E-state index contributed by atoms with van der Waals surface area (Å²) in [5.41, 5.74) is 5.45. The Kier molecular flexibility index (Phi) is 2.66. The number of hydrogen-bond acceptors (Lipinski definition) is 4. The first kappa shape index (κ1) is 10.4. The van der Waals surface area contributed by atoms with E-state index in [9.17, 15) is 0 Å². The molecule has 15 heavy (non-hydrogen) atoms. The third-order valence-electron chi connectivity index (χ3n) is 1.96. The molecule has 0 aliphatic carbocycles. The highest BCUT2D eigenvalue weighted by atomic mass is 79.9. The molecule has 0 fully saturated rings. The fraction of sp³-hybridized carbons (Fsp3) is 0.286. The van der Waals surface area contributed by atoms with Crippen molar-refractivity contribution >= 4 is 33.5 Å². The predicted molar refractivity (Wildman–Crippen MR) is 59.5 cm³/mol. The minimum absolute atomic E-state index is 0.224. The van der Waals surface area contributed by atoms with Gasteiger partial charge in [-0.05, 0) is 15.9 Å². The van der Waals surface area contributed by atoms with Crippen LogP contribution in [0, 0.1) is 0 Å². The molecule has 2 rings (SSSR count). The van der Waals surface area contributed by atoms with Crippen LogP contribution in [-0.4, -0.2) is 24.3 Å². The Morgan fingerprint density at radius 2 is 2.33 bits per heavy atom. The van der Waals surface area contributed by atoms with Crippen molar-refractivity contribution in [3.8, 4) is 0 Å². The highest BCUT2D eigenvalue weighted by Crippen LogP contribution is 2.13. The molecule has 2 aromatic rings. The normalized spacial score (nSPS) is 10.9. The molecular formula is C7H8BrClN6. The van der Waals surface area contributed by atoms with Crippen molar-refractivity contribution in [3.63, 3.8) is 0 Å². The lowest BCUT2D eigenvalue weighted by Crippen LogP contribution is -2.08. The van der Waals surface area contributed by atoms with E-state index in [0.717, 1.165) is 5.82 Å². The molecule has 0 unspecified atom stereocenters. The maximum Gasteiger partial charge on any atom is 0.240 e. The monoisotopic (exact) mass is 290 g/mol. The van der Waals surface area contributed by atoms with Crippen molar-refractivity contribution in [1.82, 2.24) is 24.3 Å². The van der Waals surface area contributed by atoms with Gasteiger partial charge in [-0.25, -0.2) is 9.67 Å². The number of anilines is 1. The Morgan fingerprint density at radius 1 is 1.60 bits per heavy atom. The second-order valence-corrected chi connectivity index (χ2v) is 4.05. The zero-order valence-electron chi connectivity index (χ0n) is 7.85. The van der Waals surface area contributed by atoms with E-state index in [0.29, 0.717) is 16.4 Å². The summed E-state index contributed by atoms with van der Waals surface area (Å²) in [6.07, 6.45) is 1.59. The Labute approximate surface area is 99.2 Å². The van der Waals surface area contributed by atoms with Crippen molar-refractivity contribution in [2.45, 2.75) is 6.54 Å². The van der Waals surface area contributed by atoms with E-state index in [2.05, 4.69) is 31.0 Å². The van der Waals surface area contributed by atoms with Crippen LogP contribution in [0.5, 0.6) is 0 Å². The summed E-state index contributed by atoms with van der Waals surface area (Å²) in [6, 6.07) is 0. The number of halogens is 2. The SMILES string of the molecule is Cn1c(Cl)cnc1Cn1nc(N)nc1Br. The minimum atomic E-state index is 0.224. The number of aromatic nitrogens is 5. The first-order chi connectivity index (χ1) is 7.08. The van der Waals surface area contributed by atoms with Crippen molar-refractivity contribution in [3.05, 3.63) is 21.9 Å². The molecule has 0 aliphatic rings. The quantitative estimate of drug-likeness (QED) is 0.898. The average molecular weight is 292 g/mol. The molecule has 2 heterocycles. The van der Waals surface area contributed by atoms with Gasteiger partial charge in [0.1, 0.15) is 17.5 Å². The molecule has 8 heteroatoms. The summed E-state index contributed by atoms with van der Waals surface area (Å²) in [5.74, 6) is 1.01. The summed E-state index contributed by atoms with van der Waals surface area (Å²) in [4.78, 5) is 8.06. The van der Waals surface area contributed by atoms with E-state index in [4.69, 9.17) is 17.3 Å². The molecule has 0 aliphatic heterocycles. The molecule has 80 valence electrons. The molecule has 0 spiro atoms. The standard InChI is InChI=1S/C7H8BrClN6/c1-14-4(9)2-11-5(14)3-15-6(8)12-7(10)13-15/h2H,3H2,1H3,(H2,10,13). The average Bonchev–Trinajstić information content (AvgIpc) is 2.64.